The van der Waals surface area contributed by atoms with Crippen LogP contribution in [0.2, 0.25) is 0 Å². The van der Waals surface area contributed by atoms with Crippen molar-refractivity contribution in [1.82, 2.24) is 9.13 Å². The van der Waals surface area contributed by atoms with Gasteiger partial charge in [-0.1, -0.05) is 137 Å². The summed E-state index contributed by atoms with van der Waals surface area (Å²) in [4.78, 5) is 0. The minimum absolute atomic E-state index is 0.102. The van der Waals surface area contributed by atoms with Gasteiger partial charge in [-0.05, 0) is 88.0 Å². The maximum absolute atomic E-state index is 2.45. The van der Waals surface area contributed by atoms with E-state index in [2.05, 4.69) is 189 Å². The Hall–Kier alpha value is -5.34. The Morgan fingerprint density at radius 1 is 0.553 bits per heavy atom. The molecule has 5 aromatic carbocycles. The van der Waals surface area contributed by atoms with E-state index in [1.165, 1.54) is 72.4 Å². The van der Waals surface area contributed by atoms with Gasteiger partial charge in [0.25, 0.3) is 0 Å². The van der Waals surface area contributed by atoms with Gasteiger partial charge in [-0.25, -0.2) is 0 Å². The van der Waals surface area contributed by atoms with Crippen molar-refractivity contribution in [2.45, 2.75) is 39.5 Å². The standard InChI is InChI=1S/C45H40N2/c1-31-12-11-17-40(26-31)47-42(33-15-9-6-10-16-33)30-37-21-19-35(28-44(37)47)34-18-20-36-29-41(32-13-7-5-8-14-32)46(43(36)27-34)39-24-22-38(23-25-39)45(2,3)4/h5-11,13-31H,12H2,1-4H3. The lowest BCUT2D eigenvalue weighted by Crippen LogP contribution is -2.10. The van der Waals surface area contributed by atoms with Crippen LogP contribution < -0.4 is 0 Å². The van der Waals surface area contributed by atoms with E-state index in [-0.39, 0.29) is 5.41 Å². The molecule has 0 amide bonds. The highest BCUT2D eigenvalue weighted by atomic mass is 15.0. The van der Waals surface area contributed by atoms with Crippen molar-refractivity contribution >= 4 is 27.5 Å². The van der Waals surface area contributed by atoms with E-state index >= 15 is 0 Å². The minimum atomic E-state index is 0.102. The fourth-order valence-electron chi connectivity index (χ4n) is 7.04. The second-order valence-electron chi connectivity index (χ2n) is 14.0. The first-order valence-corrected chi connectivity index (χ1v) is 16.8. The molecule has 1 aliphatic rings. The van der Waals surface area contributed by atoms with E-state index in [0.717, 1.165) is 6.42 Å². The van der Waals surface area contributed by atoms with Gasteiger partial charge in [0.15, 0.2) is 0 Å². The molecule has 0 aliphatic heterocycles. The molecule has 0 bridgehead atoms. The molecule has 0 radical (unpaired) electrons. The number of nitrogens with zero attached hydrogens (tertiary/aromatic N) is 2. The van der Waals surface area contributed by atoms with Gasteiger partial charge in [0.05, 0.1) is 22.4 Å². The Bertz CT molecular complexity index is 2290. The van der Waals surface area contributed by atoms with Gasteiger partial charge in [0, 0.05) is 22.2 Å². The number of aromatic nitrogens is 2. The fourth-order valence-corrected chi connectivity index (χ4v) is 7.04. The Kier molecular flexibility index (Phi) is 7.10. The third-order valence-corrected chi connectivity index (χ3v) is 9.58. The lowest BCUT2D eigenvalue weighted by atomic mass is 9.87. The van der Waals surface area contributed by atoms with Gasteiger partial charge in [-0.15, -0.1) is 0 Å². The summed E-state index contributed by atoms with van der Waals surface area (Å²) >= 11 is 0. The van der Waals surface area contributed by atoms with E-state index in [4.69, 9.17) is 0 Å². The summed E-state index contributed by atoms with van der Waals surface area (Å²) in [6.45, 7) is 9.11. The van der Waals surface area contributed by atoms with Gasteiger partial charge in [0.1, 0.15) is 0 Å². The Labute approximate surface area is 277 Å². The second kappa shape index (κ2) is 11.5. The number of benzene rings is 5. The largest absolute Gasteiger partial charge is 0.310 e. The zero-order valence-electron chi connectivity index (χ0n) is 27.6. The average molecular weight is 609 g/mol. The molecule has 230 valence electrons. The topological polar surface area (TPSA) is 9.86 Å². The molecular weight excluding hydrogens is 569 g/mol. The van der Waals surface area contributed by atoms with Crippen LogP contribution in [-0.4, -0.2) is 9.13 Å². The van der Waals surface area contributed by atoms with Gasteiger partial charge in [-0.3, -0.25) is 0 Å². The summed E-state index contributed by atoms with van der Waals surface area (Å²) in [6, 6.07) is 49.1. The Morgan fingerprint density at radius 3 is 1.62 bits per heavy atom. The molecule has 1 atom stereocenters. The molecule has 1 aliphatic carbocycles. The van der Waals surface area contributed by atoms with Crippen LogP contribution in [-0.2, 0) is 5.41 Å². The quantitative estimate of drug-likeness (QED) is 0.184. The molecule has 2 nitrogen and oxygen atoms in total. The lowest BCUT2D eigenvalue weighted by Gasteiger charge is -2.20. The molecule has 2 heteroatoms. The molecule has 1 unspecified atom stereocenters. The molecule has 0 spiro atoms. The highest BCUT2D eigenvalue weighted by molar-refractivity contribution is 5.97. The summed E-state index contributed by atoms with van der Waals surface area (Å²) in [5.74, 6) is 0.505. The molecule has 2 heterocycles. The summed E-state index contributed by atoms with van der Waals surface area (Å²) in [6.07, 6.45) is 8.09. The number of allylic oxidation sites excluding steroid dienone is 4. The molecule has 7 aromatic rings. The zero-order valence-corrected chi connectivity index (χ0v) is 27.6. The molecule has 0 N–H and O–H groups in total. The molecule has 0 saturated carbocycles. The van der Waals surface area contributed by atoms with E-state index in [0.29, 0.717) is 5.92 Å². The van der Waals surface area contributed by atoms with Crippen molar-refractivity contribution in [3.05, 3.63) is 157 Å². The van der Waals surface area contributed by atoms with Gasteiger partial charge in [-0.2, -0.15) is 0 Å². The van der Waals surface area contributed by atoms with Crippen LogP contribution in [0.5, 0.6) is 0 Å². The second-order valence-corrected chi connectivity index (χ2v) is 14.0. The van der Waals surface area contributed by atoms with E-state index < -0.39 is 0 Å². The molecule has 0 saturated heterocycles. The van der Waals surface area contributed by atoms with Crippen molar-refractivity contribution in [2.24, 2.45) is 5.92 Å². The van der Waals surface area contributed by atoms with E-state index in [9.17, 15) is 0 Å². The summed E-state index contributed by atoms with van der Waals surface area (Å²) in [7, 11) is 0. The fraction of sp³-hybridized carbons (Fsp3) is 0.156. The Morgan fingerprint density at radius 2 is 1.09 bits per heavy atom. The van der Waals surface area contributed by atoms with Gasteiger partial charge in [0.2, 0.25) is 0 Å². The number of hydrogen-bond donors (Lipinski definition) is 0. The van der Waals surface area contributed by atoms with Crippen LogP contribution in [0.4, 0.5) is 0 Å². The smallest absolute Gasteiger partial charge is 0.0541 e. The van der Waals surface area contributed by atoms with Crippen LogP contribution in [0.25, 0.3) is 66.8 Å². The Balaban J connectivity index is 1.31. The van der Waals surface area contributed by atoms with Crippen molar-refractivity contribution in [3.8, 4) is 39.3 Å². The number of fused-ring (bicyclic) bond motifs is 2. The molecule has 0 fully saturated rings. The third kappa shape index (κ3) is 5.34. The van der Waals surface area contributed by atoms with Gasteiger partial charge < -0.3 is 9.13 Å². The van der Waals surface area contributed by atoms with Crippen molar-refractivity contribution < 1.29 is 0 Å². The van der Waals surface area contributed by atoms with Crippen LogP contribution in [0.3, 0.4) is 0 Å². The maximum Gasteiger partial charge on any atom is 0.0541 e. The summed E-state index contributed by atoms with van der Waals surface area (Å²) in [5.41, 5.74) is 13.6. The van der Waals surface area contributed by atoms with Crippen LogP contribution in [0, 0.1) is 5.92 Å². The first-order chi connectivity index (χ1) is 22.8. The minimum Gasteiger partial charge on any atom is -0.310 e. The van der Waals surface area contributed by atoms with Crippen molar-refractivity contribution in [3.63, 3.8) is 0 Å². The molecule has 2 aromatic heterocycles. The van der Waals surface area contributed by atoms with Crippen LogP contribution in [0.15, 0.2) is 152 Å². The maximum atomic E-state index is 2.45. The predicted molar refractivity (Wildman–Crippen MR) is 201 cm³/mol. The highest BCUT2D eigenvalue weighted by Gasteiger charge is 2.19. The summed E-state index contributed by atoms with van der Waals surface area (Å²) < 4.78 is 4.88. The monoisotopic (exact) mass is 608 g/mol. The normalized spacial score (nSPS) is 15.0. The predicted octanol–water partition coefficient (Wildman–Crippen LogP) is 12.3. The van der Waals surface area contributed by atoms with Crippen molar-refractivity contribution in [1.29, 1.82) is 0 Å². The van der Waals surface area contributed by atoms with Crippen molar-refractivity contribution in [2.75, 3.05) is 0 Å². The number of hydrogen-bond acceptors (Lipinski definition) is 0. The highest BCUT2D eigenvalue weighted by Crippen LogP contribution is 2.38. The molecule has 47 heavy (non-hydrogen) atoms. The molecule has 8 rings (SSSR count). The average Bonchev–Trinajstić information content (AvgIpc) is 3.67. The van der Waals surface area contributed by atoms with Crippen LogP contribution >= 0.6 is 0 Å². The molecular formula is C45H40N2. The summed E-state index contributed by atoms with van der Waals surface area (Å²) in [5, 5.41) is 2.48. The first-order valence-electron chi connectivity index (χ1n) is 16.8. The SMILES string of the molecule is CC1C=C(n2c(-c3ccccc3)cc3ccc(-c4ccc5cc(-c6ccccc6)n(-c6ccc(C(C)(C)C)cc6)c5c4)cc32)C=CC1. The lowest BCUT2D eigenvalue weighted by molar-refractivity contribution is 0.590. The van der Waals surface area contributed by atoms with E-state index in [1.54, 1.807) is 0 Å². The van der Waals surface area contributed by atoms with Crippen LogP contribution in [0.1, 0.15) is 39.7 Å². The number of rotatable bonds is 5. The van der Waals surface area contributed by atoms with E-state index in [1.807, 2.05) is 0 Å². The zero-order chi connectivity index (χ0) is 32.1. The third-order valence-electron chi connectivity index (χ3n) is 9.58. The first kappa shape index (κ1) is 29.1. The van der Waals surface area contributed by atoms with Gasteiger partial charge >= 0.3 is 0 Å².